The highest BCUT2D eigenvalue weighted by Gasteiger charge is 2.36. The lowest BCUT2D eigenvalue weighted by Gasteiger charge is -2.20. The molecule has 2 aromatic heterocycles. The molecule has 2 amide bonds. The zero-order chi connectivity index (χ0) is 24.4. The molecule has 0 spiro atoms. The predicted molar refractivity (Wildman–Crippen MR) is 129 cm³/mol. The van der Waals surface area contributed by atoms with E-state index >= 15 is 0 Å². The third-order valence-electron chi connectivity index (χ3n) is 5.74. The highest BCUT2D eigenvalue weighted by molar-refractivity contribution is 7.99. The number of hydrogen-bond acceptors (Lipinski definition) is 9. The minimum Gasteiger partial charge on any atom is -0.390 e. The summed E-state index contributed by atoms with van der Waals surface area (Å²) >= 11 is 2.34. The van der Waals surface area contributed by atoms with Gasteiger partial charge in [-0.25, -0.2) is 9.78 Å². The Labute approximate surface area is 202 Å². The first-order valence-electron chi connectivity index (χ1n) is 10.7. The lowest BCUT2D eigenvalue weighted by atomic mass is 9.90. The summed E-state index contributed by atoms with van der Waals surface area (Å²) in [5, 5.41) is 30.5. The number of urea groups is 1. The van der Waals surface area contributed by atoms with Gasteiger partial charge in [0.25, 0.3) is 0 Å². The smallest absolute Gasteiger partial charge is 0.316 e. The van der Waals surface area contributed by atoms with Crippen LogP contribution in [0, 0.1) is 11.5 Å². The van der Waals surface area contributed by atoms with E-state index in [1.807, 2.05) is 0 Å². The molecular formula is C22H30N6O3S2. The van der Waals surface area contributed by atoms with Crippen molar-refractivity contribution >= 4 is 35.0 Å². The van der Waals surface area contributed by atoms with Crippen molar-refractivity contribution in [1.29, 1.82) is 5.26 Å². The van der Waals surface area contributed by atoms with E-state index < -0.39 is 11.6 Å². The largest absolute Gasteiger partial charge is 0.390 e. The van der Waals surface area contributed by atoms with Crippen LogP contribution in [0.25, 0.3) is 0 Å². The summed E-state index contributed by atoms with van der Waals surface area (Å²) in [6, 6.07) is -0.470. The summed E-state index contributed by atoms with van der Waals surface area (Å²) in [6.45, 7) is 7.49. The number of carbonyl (C=O) groups excluding carboxylic acids is 1. The van der Waals surface area contributed by atoms with Gasteiger partial charge in [-0.15, -0.1) is 11.3 Å². The van der Waals surface area contributed by atoms with Crippen molar-refractivity contribution in [2.24, 2.45) is 5.73 Å². The Bertz CT molecular complexity index is 1090. The molecule has 2 aliphatic carbocycles. The topological polar surface area (TPSA) is 157 Å². The fourth-order valence-electron chi connectivity index (χ4n) is 4.10. The summed E-state index contributed by atoms with van der Waals surface area (Å²) in [5.41, 5.74) is 10.6. The second kappa shape index (κ2) is 9.85. The number of anilines is 1. The van der Waals surface area contributed by atoms with Crippen molar-refractivity contribution in [2.75, 3.05) is 5.32 Å². The first kappa shape index (κ1) is 25.2. The number of aryl methyl sites for hydroxylation is 1. The number of nitrogens with one attached hydrogen (secondary N) is 2. The van der Waals surface area contributed by atoms with Crippen LogP contribution >= 0.6 is 23.3 Å². The molecule has 0 aromatic carbocycles. The summed E-state index contributed by atoms with van der Waals surface area (Å²) in [6.07, 6.45) is 6.99. The van der Waals surface area contributed by atoms with Gasteiger partial charge >= 0.3 is 6.03 Å². The molecule has 0 saturated carbocycles. The molecule has 11 heteroatoms. The van der Waals surface area contributed by atoms with Gasteiger partial charge in [0.15, 0.2) is 6.19 Å². The van der Waals surface area contributed by atoms with Crippen molar-refractivity contribution in [1.82, 2.24) is 14.7 Å². The summed E-state index contributed by atoms with van der Waals surface area (Å²) < 4.78 is 3.09. The van der Waals surface area contributed by atoms with Crippen LogP contribution in [0.15, 0.2) is 4.21 Å². The number of nitrogens with zero attached hydrogens (tertiary/aromatic N) is 3. The number of primary amides is 1. The van der Waals surface area contributed by atoms with Crippen molar-refractivity contribution in [3.8, 4) is 6.19 Å². The standard InChI is InChI=1S/C14H19N3O.C8H11N3O2S2/c1-14(2)7-6-9-11(17-13(15)18)8-4-3-5-10(8)16-12(9)14;1-8(2,13)7-11-5(3-12)6(14-7)15-10-4-9/h3-7H2,1-2H3,(H3,15,16,17,18);10,12-13H,3H2,1-2H3. The molecule has 9 nitrogen and oxygen atoms in total. The molecule has 0 saturated heterocycles. The average molecular weight is 491 g/mol. The van der Waals surface area contributed by atoms with Crippen LogP contribution in [0.1, 0.15) is 73.8 Å². The molecule has 0 atom stereocenters. The second-order valence-electron chi connectivity index (χ2n) is 9.25. The molecule has 2 heterocycles. The van der Waals surface area contributed by atoms with Gasteiger partial charge in [-0.3, -0.25) is 9.71 Å². The minimum absolute atomic E-state index is 0.112. The maximum Gasteiger partial charge on any atom is 0.316 e. The number of fused-ring (bicyclic) bond motifs is 2. The fraction of sp³-hybridized carbons (Fsp3) is 0.545. The van der Waals surface area contributed by atoms with E-state index in [4.69, 9.17) is 21.1 Å². The molecule has 178 valence electrons. The molecule has 2 aliphatic rings. The normalized spacial score (nSPS) is 15.7. The Kier molecular flexibility index (Phi) is 7.53. The van der Waals surface area contributed by atoms with E-state index in [0.717, 1.165) is 61.1 Å². The van der Waals surface area contributed by atoms with Crippen LogP contribution in [0.5, 0.6) is 0 Å². The Hall–Kier alpha value is -2.39. The average Bonchev–Trinajstić information content (AvgIpc) is 3.43. The predicted octanol–water partition coefficient (Wildman–Crippen LogP) is 3.23. The summed E-state index contributed by atoms with van der Waals surface area (Å²) in [4.78, 5) is 20.2. The molecular weight excluding hydrogens is 460 g/mol. The number of nitrogens with two attached hydrogens (primary N) is 1. The van der Waals surface area contributed by atoms with Gasteiger partial charge in [0.2, 0.25) is 0 Å². The van der Waals surface area contributed by atoms with Crippen LogP contribution in [0.2, 0.25) is 0 Å². The van der Waals surface area contributed by atoms with Crippen LogP contribution in [-0.2, 0) is 36.9 Å². The number of pyridine rings is 1. The molecule has 2 aromatic rings. The number of hydrogen-bond donors (Lipinski definition) is 5. The van der Waals surface area contributed by atoms with E-state index in [2.05, 4.69) is 28.9 Å². The SMILES string of the molecule is CC(C)(O)c1nc(CO)c(SNC#N)s1.CC1(C)CCc2c1nc1c(c2NC(N)=O)CCC1. The zero-order valence-electron chi connectivity index (χ0n) is 19.3. The molecule has 6 N–H and O–H groups in total. The van der Waals surface area contributed by atoms with Crippen molar-refractivity contribution < 1.29 is 15.0 Å². The molecule has 0 fully saturated rings. The van der Waals surface area contributed by atoms with Gasteiger partial charge in [0.05, 0.1) is 23.7 Å². The second-order valence-corrected chi connectivity index (χ2v) is 11.3. The van der Waals surface area contributed by atoms with Gasteiger partial charge in [0, 0.05) is 23.1 Å². The molecule has 0 radical (unpaired) electrons. The van der Waals surface area contributed by atoms with Gasteiger partial charge in [-0.05, 0) is 57.1 Å². The highest BCUT2D eigenvalue weighted by atomic mass is 32.2. The number of rotatable bonds is 5. The third kappa shape index (κ3) is 5.58. The fourth-order valence-corrected chi connectivity index (χ4v) is 5.81. The van der Waals surface area contributed by atoms with E-state index in [0.29, 0.717) is 14.9 Å². The van der Waals surface area contributed by atoms with Crippen molar-refractivity contribution in [3.63, 3.8) is 0 Å². The minimum atomic E-state index is -1.03. The number of aromatic nitrogens is 2. The van der Waals surface area contributed by atoms with Gasteiger partial charge in [-0.2, -0.15) is 5.26 Å². The Balaban J connectivity index is 0.000000190. The lowest BCUT2D eigenvalue weighted by molar-refractivity contribution is 0.0779. The Morgan fingerprint density at radius 2 is 2.03 bits per heavy atom. The molecule has 0 aliphatic heterocycles. The van der Waals surface area contributed by atoms with Crippen molar-refractivity contribution in [2.45, 2.75) is 81.6 Å². The molecule has 0 bridgehead atoms. The maximum atomic E-state index is 11.2. The van der Waals surface area contributed by atoms with Crippen LogP contribution in [0.4, 0.5) is 10.5 Å². The summed E-state index contributed by atoms with van der Waals surface area (Å²) in [5.74, 6) is 0. The van der Waals surface area contributed by atoms with Crippen LogP contribution in [-0.4, -0.2) is 26.2 Å². The Morgan fingerprint density at radius 1 is 1.30 bits per heavy atom. The number of aliphatic hydroxyl groups is 2. The van der Waals surface area contributed by atoms with E-state index in [1.165, 1.54) is 22.5 Å². The number of amides is 2. The van der Waals surface area contributed by atoms with Gasteiger partial charge < -0.3 is 21.3 Å². The number of carbonyl (C=O) groups is 1. The monoisotopic (exact) mass is 490 g/mol. The van der Waals surface area contributed by atoms with Crippen LogP contribution < -0.4 is 15.8 Å². The van der Waals surface area contributed by atoms with Gasteiger partial charge in [0.1, 0.15) is 14.8 Å². The van der Waals surface area contributed by atoms with Crippen LogP contribution in [0.3, 0.4) is 0 Å². The van der Waals surface area contributed by atoms with E-state index in [9.17, 15) is 9.90 Å². The molecule has 33 heavy (non-hydrogen) atoms. The highest BCUT2D eigenvalue weighted by Crippen LogP contribution is 2.44. The number of aliphatic hydroxyl groups excluding tert-OH is 1. The molecule has 4 rings (SSSR count). The number of nitriles is 1. The maximum absolute atomic E-state index is 11.2. The number of thiazole rings is 1. The Morgan fingerprint density at radius 3 is 2.64 bits per heavy atom. The first-order chi connectivity index (χ1) is 15.5. The van der Waals surface area contributed by atoms with Gasteiger partial charge in [-0.1, -0.05) is 13.8 Å². The van der Waals surface area contributed by atoms with E-state index in [1.54, 1.807) is 20.0 Å². The first-order valence-corrected chi connectivity index (χ1v) is 12.4. The van der Waals surface area contributed by atoms with Crippen molar-refractivity contribution in [3.05, 3.63) is 33.2 Å². The summed E-state index contributed by atoms with van der Waals surface area (Å²) in [7, 11) is 0. The lowest BCUT2D eigenvalue weighted by Crippen LogP contribution is -2.22. The zero-order valence-corrected chi connectivity index (χ0v) is 20.9. The quantitative estimate of drug-likeness (QED) is 0.243. The molecule has 0 unspecified atom stereocenters. The third-order valence-corrected chi connectivity index (χ3v) is 8.06. The van der Waals surface area contributed by atoms with E-state index in [-0.39, 0.29) is 12.0 Å².